The SMILES string of the molecule is CS(=O)(=O)CCCOC/C=C\C1=C(N)CCCc2ccc(CO)cc21. The molecule has 0 amide bonds. The zero-order valence-corrected chi connectivity index (χ0v) is 15.5. The lowest BCUT2D eigenvalue weighted by atomic mass is 9.96. The van der Waals surface area contributed by atoms with E-state index in [0.29, 0.717) is 19.6 Å². The second-order valence-electron chi connectivity index (χ2n) is 6.40. The van der Waals surface area contributed by atoms with Crippen LogP contribution in [0.25, 0.3) is 5.57 Å². The minimum absolute atomic E-state index is 0.00757. The first kappa shape index (κ1) is 19.7. The number of fused-ring (bicyclic) bond motifs is 1. The normalized spacial score (nSPS) is 15.4. The number of aryl methyl sites for hydroxylation is 1. The lowest BCUT2D eigenvalue weighted by Gasteiger charge is -2.11. The molecule has 1 aromatic carbocycles. The number of sulfone groups is 1. The third kappa shape index (κ3) is 6.30. The summed E-state index contributed by atoms with van der Waals surface area (Å²) in [6, 6.07) is 6.02. The van der Waals surface area contributed by atoms with E-state index in [0.717, 1.165) is 41.7 Å². The molecule has 1 aliphatic rings. The molecule has 25 heavy (non-hydrogen) atoms. The highest BCUT2D eigenvalue weighted by Crippen LogP contribution is 2.30. The molecule has 0 aromatic heterocycles. The maximum atomic E-state index is 11.1. The van der Waals surface area contributed by atoms with Crippen molar-refractivity contribution in [2.75, 3.05) is 25.2 Å². The van der Waals surface area contributed by atoms with Crippen LogP contribution in [0, 0.1) is 0 Å². The fourth-order valence-electron chi connectivity index (χ4n) is 2.90. The lowest BCUT2D eigenvalue weighted by molar-refractivity contribution is 0.163. The molecule has 0 saturated carbocycles. The minimum atomic E-state index is -2.93. The third-order valence-corrected chi connectivity index (χ3v) is 5.22. The highest BCUT2D eigenvalue weighted by Gasteiger charge is 2.14. The molecule has 0 bridgehead atoms. The fraction of sp³-hybridized carbons (Fsp3) is 0.474. The van der Waals surface area contributed by atoms with E-state index in [1.54, 1.807) is 0 Å². The van der Waals surface area contributed by atoms with E-state index in [4.69, 9.17) is 10.5 Å². The summed E-state index contributed by atoms with van der Waals surface area (Å²) in [5.74, 6) is 0.145. The van der Waals surface area contributed by atoms with Crippen molar-refractivity contribution >= 4 is 15.4 Å². The zero-order chi connectivity index (χ0) is 18.3. The van der Waals surface area contributed by atoms with Crippen molar-refractivity contribution in [3.8, 4) is 0 Å². The Kier molecular flexibility index (Phi) is 7.23. The van der Waals surface area contributed by atoms with Gasteiger partial charge in [-0.1, -0.05) is 24.3 Å². The average Bonchev–Trinajstić information content (AvgIpc) is 2.71. The van der Waals surface area contributed by atoms with Crippen molar-refractivity contribution in [3.05, 3.63) is 52.7 Å². The first-order chi connectivity index (χ1) is 11.9. The van der Waals surface area contributed by atoms with E-state index in [1.165, 1.54) is 11.8 Å². The number of nitrogens with two attached hydrogens (primary N) is 1. The molecule has 0 unspecified atom stereocenters. The zero-order valence-electron chi connectivity index (χ0n) is 14.7. The predicted molar refractivity (Wildman–Crippen MR) is 101 cm³/mol. The third-order valence-electron chi connectivity index (χ3n) is 4.19. The van der Waals surface area contributed by atoms with Gasteiger partial charge in [-0.15, -0.1) is 0 Å². The predicted octanol–water partition coefficient (Wildman–Crippen LogP) is 2.19. The molecule has 0 spiro atoms. The fourth-order valence-corrected chi connectivity index (χ4v) is 3.55. The van der Waals surface area contributed by atoms with E-state index in [1.807, 2.05) is 24.3 Å². The Bertz CT molecular complexity index is 751. The standard InChI is InChI=1S/C19H27NO4S/c1-25(22,23)12-4-11-24-10-3-6-17-18-13-15(14-21)8-9-16(18)5-2-7-19(17)20/h3,6,8-9,13,21H,2,4-5,7,10-12,14,20H2,1H3/b6-3-. The van der Waals surface area contributed by atoms with E-state index in [2.05, 4.69) is 6.07 Å². The van der Waals surface area contributed by atoms with Gasteiger partial charge in [0, 0.05) is 24.1 Å². The van der Waals surface area contributed by atoms with E-state index in [-0.39, 0.29) is 12.4 Å². The van der Waals surface area contributed by atoms with Crippen molar-refractivity contribution in [1.82, 2.24) is 0 Å². The largest absolute Gasteiger partial charge is 0.402 e. The molecule has 0 saturated heterocycles. The quantitative estimate of drug-likeness (QED) is 0.689. The molecule has 2 rings (SSSR count). The first-order valence-corrected chi connectivity index (χ1v) is 10.6. The van der Waals surface area contributed by atoms with Crippen molar-refractivity contribution in [1.29, 1.82) is 0 Å². The van der Waals surface area contributed by atoms with Gasteiger partial charge >= 0.3 is 0 Å². The maximum absolute atomic E-state index is 11.1. The molecule has 0 aliphatic heterocycles. The Hall–Kier alpha value is -1.63. The number of hydrogen-bond acceptors (Lipinski definition) is 5. The molecule has 1 aliphatic carbocycles. The van der Waals surface area contributed by atoms with Crippen LogP contribution in [-0.2, 0) is 27.6 Å². The summed E-state index contributed by atoms with van der Waals surface area (Å²) in [5, 5.41) is 9.39. The Morgan fingerprint density at radius 3 is 2.84 bits per heavy atom. The van der Waals surface area contributed by atoms with Crippen LogP contribution in [0.3, 0.4) is 0 Å². The van der Waals surface area contributed by atoms with Crippen molar-refractivity contribution in [3.63, 3.8) is 0 Å². The minimum Gasteiger partial charge on any atom is -0.402 e. The highest BCUT2D eigenvalue weighted by molar-refractivity contribution is 7.90. The molecular weight excluding hydrogens is 338 g/mol. The van der Waals surface area contributed by atoms with E-state index in [9.17, 15) is 13.5 Å². The van der Waals surface area contributed by atoms with Crippen LogP contribution in [0.2, 0.25) is 0 Å². The van der Waals surface area contributed by atoms with Crippen LogP contribution in [0.5, 0.6) is 0 Å². The molecule has 0 heterocycles. The molecule has 0 fully saturated rings. The van der Waals surface area contributed by atoms with Gasteiger partial charge in [0.15, 0.2) is 0 Å². The van der Waals surface area contributed by atoms with Gasteiger partial charge < -0.3 is 15.6 Å². The topological polar surface area (TPSA) is 89.6 Å². The summed E-state index contributed by atoms with van der Waals surface area (Å²) in [5.41, 5.74) is 11.3. The monoisotopic (exact) mass is 365 g/mol. The van der Waals surface area contributed by atoms with Crippen LogP contribution < -0.4 is 5.73 Å². The van der Waals surface area contributed by atoms with Gasteiger partial charge in [-0.05, 0) is 48.4 Å². The van der Waals surface area contributed by atoms with Gasteiger partial charge in [0.05, 0.1) is 19.0 Å². The summed E-state index contributed by atoms with van der Waals surface area (Å²) in [7, 11) is -2.93. The van der Waals surface area contributed by atoms with Crippen LogP contribution in [-0.4, -0.2) is 38.7 Å². The Labute approximate surface area is 150 Å². The summed E-state index contributed by atoms with van der Waals surface area (Å²) in [6.07, 6.45) is 8.43. The summed E-state index contributed by atoms with van der Waals surface area (Å²) >= 11 is 0. The molecule has 6 heteroatoms. The van der Waals surface area contributed by atoms with Gasteiger partial charge in [0.2, 0.25) is 0 Å². The number of rotatable bonds is 8. The first-order valence-electron chi connectivity index (χ1n) is 8.54. The number of ether oxygens (including phenoxy) is 1. The Balaban J connectivity index is 2.00. The van der Waals surface area contributed by atoms with Gasteiger partial charge in [0.1, 0.15) is 9.84 Å². The average molecular weight is 365 g/mol. The molecule has 0 atom stereocenters. The van der Waals surface area contributed by atoms with Gasteiger partial charge in [0.25, 0.3) is 0 Å². The molecule has 3 N–H and O–H groups in total. The molecular formula is C19H27NO4S. The van der Waals surface area contributed by atoms with Gasteiger partial charge in [-0.3, -0.25) is 0 Å². The van der Waals surface area contributed by atoms with Crippen LogP contribution in [0.1, 0.15) is 36.0 Å². The van der Waals surface area contributed by atoms with E-state index >= 15 is 0 Å². The highest BCUT2D eigenvalue weighted by atomic mass is 32.2. The Morgan fingerprint density at radius 2 is 2.12 bits per heavy atom. The van der Waals surface area contributed by atoms with Crippen LogP contribution in [0.4, 0.5) is 0 Å². The van der Waals surface area contributed by atoms with Crippen molar-refractivity contribution in [2.24, 2.45) is 5.73 Å². The lowest BCUT2D eigenvalue weighted by Crippen LogP contribution is -2.06. The van der Waals surface area contributed by atoms with Crippen LogP contribution in [0.15, 0.2) is 36.0 Å². The number of aliphatic hydroxyl groups is 1. The number of hydrogen-bond donors (Lipinski definition) is 2. The number of allylic oxidation sites excluding steroid dienone is 3. The maximum Gasteiger partial charge on any atom is 0.147 e. The molecule has 1 aromatic rings. The van der Waals surface area contributed by atoms with Crippen molar-refractivity contribution < 1.29 is 18.3 Å². The summed E-state index contributed by atoms with van der Waals surface area (Å²) in [4.78, 5) is 0. The van der Waals surface area contributed by atoms with Crippen molar-refractivity contribution in [2.45, 2.75) is 32.3 Å². The Morgan fingerprint density at radius 1 is 1.32 bits per heavy atom. The van der Waals surface area contributed by atoms with Gasteiger partial charge in [-0.25, -0.2) is 8.42 Å². The number of aliphatic hydroxyl groups excluding tert-OH is 1. The summed E-state index contributed by atoms with van der Waals surface area (Å²) < 4.78 is 27.6. The second-order valence-corrected chi connectivity index (χ2v) is 8.66. The van der Waals surface area contributed by atoms with E-state index < -0.39 is 9.84 Å². The van der Waals surface area contributed by atoms with Gasteiger partial charge in [-0.2, -0.15) is 0 Å². The molecule has 138 valence electrons. The molecule has 5 nitrogen and oxygen atoms in total. The smallest absolute Gasteiger partial charge is 0.147 e. The second kappa shape index (κ2) is 9.17. The van der Waals surface area contributed by atoms with Crippen LogP contribution >= 0.6 is 0 Å². The summed E-state index contributed by atoms with van der Waals surface area (Å²) in [6.45, 7) is 0.834. The molecule has 0 radical (unpaired) electrons. The number of benzene rings is 1.